The van der Waals surface area contributed by atoms with Gasteiger partial charge in [0, 0.05) is 54.7 Å². The summed E-state index contributed by atoms with van der Waals surface area (Å²) in [5.41, 5.74) is 10.9. The van der Waals surface area contributed by atoms with Gasteiger partial charge in [0.05, 0.1) is 11.4 Å². The van der Waals surface area contributed by atoms with Gasteiger partial charge in [-0.1, -0.05) is 0 Å². The summed E-state index contributed by atoms with van der Waals surface area (Å²) in [5.74, 6) is 0.845. The number of pyridine rings is 2. The van der Waals surface area contributed by atoms with Crippen LogP contribution in [0.1, 0.15) is 56.7 Å². The second-order valence-electron chi connectivity index (χ2n) is 10.1. The number of nitrogen functional groups attached to an aromatic ring is 1. The van der Waals surface area contributed by atoms with Gasteiger partial charge in [0.25, 0.3) is 0 Å². The normalized spacial score (nSPS) is 19.9. The molecule has 0 aliphatic carbocycles. The maximum Gasteiger partial charge on any atom is 0.317 e. The first kappa shape index (κ1) is 23.1. The van der Waals surface area contributed by atoms with Crippen LogP contribution in [0.4, 0.5) is 10.6 Å². The fourth-order valence-corrected chi connectivity index (χ4v) is 5.12. The molecule has 5 rings (SSSR count). The molecule has 9 nitrogen and oxygen atoms in total. The van der Waals surface area contributed by atoms with Gasteiger partial charge in [0.1, 0.15) is 6.10 Å². The van der Waals surface area contributed by atoms with Crippen molar-refractivity contribution < 1.29 is 9.53 Å². The van der Waals surface area contributed by atoms with Gasteiger partial charge in [0.2, 0.25) is 0 Å². The highest BCUT2D eigenvalue weighted by Crippen LogP contribution is 2.44. The third kappa shape index (κ3) is 4.42. The van der Waals surface area contributed by atoms with Crippen LogP contribution in [-0.2, 0) is 12.0 Å². The number of aryl methyl sites for hydroxylation is 2. The van der Waals surface area contributed by atoms with Gasteiger partial charge in [-0.15, -0.1) is 0 Å². The van der Waals surface area contributed by atoms with Gasteiger partial charge in [-0.05, 0) is 70.4 Å². The molecule has 1 spiro atoms. The van der Waals surface area contributed by atoms with Crippen molar-refractivity contribution in [1.29, 1.82) is 0 Å². The Morgan fingerprint density at radius 2 is 1.97 bits per heavy atom. The number of nitrogens with one attached hydrogen (secondary N) is 1. The summed E-state index contributed by atoms with van der Waals surface area (Å²) in [6.45, 7) is 10.3. The molecule has 3 N–H and O–H groups in total. The van der Waals surface area contributed by atoms with Crippen LogP contribution in [0, 0.1) is 6.92 Å². The quantitative estimate of drug-likeness (QED) is 0.580. The van der Waals surface area contributed by atoms with Crippen LogP contribution in [0.2, 0.25) is 0 Å². The molecule has 2 aliphatic heterocycles. The van der Waals surface area contributed by atoms with Gasteiger partial charge in [-0.3, -0.25) is 9.67 Å². The van der Waals surface area contributed by atoms with Gasteiger partial charge < -0.3 is 20.7 Å². The van der Waals surface area contributed by atoms with Crippen LogP contribution < -0.4 is 15.8 Å². The van der Waals surface area contributed by atoms with E-state index in [4.69, 9.17) is 15.6 Å². The van der Waals surface area contributed by atoms with Gasteiger partial charge in [0.15, 0.2) is 11.6 Å². The molecule has 5 heterocycles. The molecule has 1 saturated heterocycles. The minimum atomic E-state index is -0.272. The van der Waals surface area contributed by atoms with E-state index in [1.807, 2.05) is 50.8 Å². The number of hydrogen-bond acceptors (Lipinski definition) is 6. The van der Waals surface area contributed by atoms with E-state index in [-0.39, 0.29) is 23.6 Å². The number of nitrogens with zero attached hydrogens (tertiary/aromatic N) is 5. The molecule has 0 aromatic carbocycles. The lowest BCUT2D eigenvalue weighted by molar-refractivity contribution is 0.203. The predicted molar refractivity (Wildman–Crippen MR) is 134 cm³/mol. The van der Waals surface area contributed by atoms with E-state index in [1.54, 1.807) is 12.4 Å². The summed E-state index contributed by atoms with van der Waals surface area (Å²) in [7, 11) is 0. The highest BCUT2D eigenvalue weighted by Gasteiger charge is 2.47. The predicted octanol–water partition coefficient (Wildman–Crippen LogP) is 3.84. The summed E-state index contributed by atoms with van der Waals surface area (Å²) in [6.07, 6.45) is 5.18. The first-order valence-electron chi connectivity index (χ1n) is 12.2. The van der Waals surface area contributed by atoms with Crippen molar-refractivity contribution in [2.75, 3.05) is 18.8 Å². The Hall–Kier alpha value is -3.62. The topological polar surface area (TPSA) is 111 Å². The number of hydrogen-bond donors (Lipinski definition) is 2. The maximum atomic E-state index is 12.6. The van der Waals surface area contributed by atoms with Crippen molar-refractivity contribution in [2.45, 2.75) is 64.6 Å². The molecule has 2 atom stereocenters. The van der Waals surface area contributed by atoms with Crippen molar-refractivity contribution >= 4 is 11.8 Å². The second-order valence-corrected chi connectivity index (χ2v) is 10.1. The summed E-state index contributed by atoms with van der Waals surface area (Å²) < 4.78 is 8.23. The average Bonchev–Trinajstić information content (AvgIpc) is 3.52. The third-order valence-corrected chi connectivity index (χ3v) is 7.01. The minimum Gasteiger partial charge on any atom is -0.481 e. The maximum absolute atomic E-state index is 12.6. The molecule has 0 bridgehead atoms. The van der Waals surface area contributed by atoms with E-state index in [1.165, 1.54) is 5.69 Å². The Balaban J connectivity index is 1.37. The number of anilines is 1. The largest absolute Gasteiger partial charge is 0.481 e. The van der Waals surface area contributed by atoms with E-state index in [0.29, 0.717) is 18.1 Å². The number of amides is 2. The third-order valence-electron chi connectivity index (χ3n) is 7.01. The van der Waals surface area contributed by atoms with Crippen LogP contribution in [0.5, 0.6) is 5.75 Å². The lowest BCUT2D eigenvalue weighted by Crippen LogP contribution is -2.43. The van der Waals surface area contributed by atoms with Crippen molar-refractivity contribution in [3.8, 4) is 17.0 Å². The van der Waals surface area contributed by atoms with E-state index < -0.39 is 0 Å². The number of nitrogens with two attached hydrogens (primary N) is 1. The Morgan fingerprint density at radius 3 is 2.74 bits per heavy atom. The van der Waals surface area contributed by atoms with Crippen molar-refractivity contribution in [2.24, 2.45) is 0 Å². The standard InChI is InChI=1S/C26H33N7O2/c1-16(2)30-25(34)32-9-6-26(15-32)7-10-33-23(26)13-21(31-33)19-12-22(24(27)29-14-19)35-18(4)20-11-17(3)5-8-28-20/h5,8,11-14,16,18H,6-7,9-10,15H2,1-4H3,(H2,27,29)(H,30,34)/t18-,26-/m1/s1. The molecular weight excluding hydrogens is 442 g/mol. The number of fused-ring (bicyclic) bond motifs is 2. The molecule has 0 unspecified atom stereocenters. The lowest BCUT2D eigenvalue weighted by Gasteiger charge is -2.24. The molecule has 3 aromatic heterocycles. The zero-order valence-corrected chi connectivity index (χ0v) is 20.8. The van der Waals surface area contributed by atoms with Crippen LogP contribution in [0.3, 0.4) is 0 Å². The highest BCUT2D eigenvalue weighted by molar-refractivity contribution is 5.75. The second kappa shape index (κ2) is 8.87. The zero-order valence-electron chi connectivity index (χ0n) is 20.8. The van der Waals surface area contributed by atoms with Crippen LogP contribution in [-0.4, -0.2) is 49.8 Å². The molecule has 2 amide bonds. The van der Waals surface area contributed by atoms with Crippen molar-refractivity contribution in [3.63, 3.8) is 0 Å². The van der Waals surface area contributed by atoms with E-state index in [2.05, 4.69) is 26.0 Å². The van der Waals surface area contributed by atoms with Gasteiger partial charge in [-0.2, -0.15) is 5.10 Å². The molecule has 0 saturated carbocycles. The molecule has 9 heteroatoms. The number of carbonyl (C=O) groups is 1. The van der Waals surface area contributed by atoms with Gasteiger partial charge >= 0.3 is 6.03 Å². The van der Waals surface area contributed by atoms with E-state index in [0.717, 1.165) is 48.4 Å². The highest BCUT2D eigenvalue weighted by atomic mass is 16.5. The monoisotopic (exact) mass is 475 g/mol. The van der Waals surface area contributed by atoms with E-state index >= 15 is 0 Å². The van der Waals surface area contributed by atoms with Crippen LogP contribution in [0.15, 0.2) is 36.7 Å². The van der Waals surface area contributed by atoms with Gasteiger partial charge in [-0.25, -0.2) is 9.78 Å². The van der Waals surface area contributed by atoms with Crippen LogP contribution in [0.25, 0.3) is 11.3 Å². The summed E-state index contributed by atoms with van der Waals surface area (Å²) in [4.78, 5) is 23.3. The fraction of sp³-hybridized carbons (Fsp3) is 0.462. The summed E-state index contributed by atoms with van der Waals surface area (Å²) >= 11 is 0. The number of urea groups is 1. The van der Waals surface area contributed by atoms with Crippen molar-refractivity contribution in [1.82, 2.24) is 30.0 Å². The smallest absolute Gasteiger partial charge is 0.317 e. The minimum absolute atomic E-state index is 0.0109. The molecular formula is C26H33N7O2. The Kier molecular flexibility index (Phi) is 5.86. The lowest BCUT2D eigenvalue weighted by atomic mass is 9.82. The average molecular weight is 476 g/mol. The SMILES string of the molecule is Cc1ccnc([C@@H](C)Oc2cc(-c3cc4n(n3)CC[C@@]43CCN(C(=O)NC(C)C)C3)cnc2N)c1. The molecule has 1 fully saturated rings. The zero-order chi connectivity index (χ0) is 24.7. The van der Waals surface area contributed by atoms with Crippen LogP contribution >= 0.6 is 0 Å². The summed E-state index contributed by atoms with van der Waals surface area (Å²) in [6, 6.07) is 8.13. The molecule has 2 aliphatic rings. The summed E-state index contributed by atoms with van der Waals surface area (Å²) in [5, 5.41) is 7.88. The number of rotatable bonds is 5. The number of likely N-dealkylation sites (tertiary alicyclic amines) is 1. The Morgan fingerprint density at radius 1 is 1.17 bits per heavy atom. The number of carbonyl (C=O) groups excluding carboxylic acids is 1. The number of aromatic nitrogens is 4. The van der Waals surface area contributed by atoms with E-state index in [9.17, 15) is 4.79 Å². The fourth-order valence-electron chi connectivity index (χ4n) is 5.12. The molecule has 3 aromatic rings. The molecule has 35 heavy (non-hydrogen) atoms. The molecule has 0 radical (unpaired) electrons. The Bertz CT molecular complexity index is 1250. The number of ether oxygens (including phenoxy) is 1. The first-order chi connectivity index (χ1) is 16.7. The molecule has 184 valence electrons. The van der Waals surface area contributed by atoms with Crippen molar-refractivity contribution in [3.05, 3.63) is 53.6 Å². The Labute approximate surface area is 205 Å². The first-order valence-corrected chi connectivity index (χ1v) is 12.2.